The highest BCUT2D eigenvalue weighted by molar-refractivity contribution is 6.10. The van der Waals surface area contributed by atoms with E-state index in [4.69, 9.17) is 5.73 Å². The summed E-state index contributed by atoms with van der Waals surface area (Å²) in [5, 5.41) is 5.08. The third-order valence-electron chi connectivity index (χ3n) is 2.29. The van der Waals surface area contributed by atoms with Crippen LogP contribution in [0.1, 0.15) is 0 Å². The molecule has 2 amide bonds. The van der Waals surface area contributed by atoms with Crippen LogP contribution in [0.3, 0.4) is 0 Å². The molecular weight excluding hydrogens is 194 g/mol. The lowest BCUT2D eigenvalue weighted by atomic mass is 10.1. The summed E-state index contributed by atoms with van der Waals surface area (Å²) in [6, 6.07) is 7.65. The number of hydrogen-bond donors (Lipinski definition) is 3. The third kappa shape index (κ3) is 1.82. The van der Waals surface area contributed by atoms with E-state index in [9.17, 15) is 9.59 Å². The number of benzene rings is 1. The Labute approximate surface area is 86.6 Å². The highest BCUT2D eigenvalue weighted by Crippen LogP contribution is 2.11. The molecule has 0 saturated carbocycles. The van der Waals surface area contributed by atoms with Gasteiger partial charge in [0.2, 0.25) is 5.91 Å². The van der Waals surface area contributed by atoms with Gasteiger partial charge in [0.1, 0.15) is 12.1 Å². The molecular formula is C10H11N3O2. The normalized spacial score (nSPS) is 25.1. The number of rotatable bonds is 2. The predicted octanol–water partition coefficient (Wildman–Crippen LogP) is -0.549. The van der Waals surface area contributed by atoms with E-state index in [1.807, 2.05) is 30.3 Å². The monoisotopic (exact) mass is 205 g/mol. The van der Waals surface area contributed by atoms with E-state index in [1.165, 1.54) is 0 Å². The Bertz CT molecular complexity index is 391. The van der Waals surface area contributed by atoms with Gasteiger partial charge in [0.05, 0.1) is 0 Å². The number of carbonyl (C=O) groups excluding carboxylic acids is 2. The Balaban J connectivity index is 2.13. The summed E-state index contributed by atoms with van der Waals surface area (Å²) in [6.45, 7) is 0. The number of imide groups is 1. The number of amides is 2. The molecule has 0 bridgehead atoms. The average molecular weight is 205 g/mol. The molecule has 4 N–H and O–H groups in total. The fourth-order valence-corrected chi connectivity index (χ4v) is 1.47. The van der Waals surface area contributed by atoms with Crippen molar-refractivity contribution >= 4 is 17.5 Å². The van der Waals surface area contributed by atoms with Gasteiger partial charge in [-0.15, -0.1) is 0 Å². The molecule has 1 aliphatic rings. The van der Waals surface area contributed by atoms with Crippen LogP contribution in [0, 0.1) is 0 Å². The zero-order valence-electron chi connectivity index (χ0n) is 7.94. The molecule has 1 aromatic rings. The molecule has 78 valence electrons. The van der Waals surface area contributed by atoms with Crippen LogP contribution in [0.5, 0.6) is 0 Å². The minimum atomic E-state index is -0.822. The summed E-state index contributed by atoms with van der Waals surface area (Å²) in [6.07, 6.45) is 0. The summed E-state index contributed by atoms with van der Waals surface area (Å²) in [7, 11) is 0. The Kier molecular flexibility index (Phi) is 2.39. The summed E-state index contributed by atoms with van der Waals surface area (Å²) in [5.41, 5.74) is 6.33. The summed E-state index contributed by atoms with van der Waals surface area (Å²) in [5.74, 6) is -0.815. The molecule has 2 rings (SSSR count). The van der Waals surface area contributed by atoms with E-state index >= 15 is 0 Å². The van der Waals surface area contributed by atoms with Crippen molar-refractivity contribution in [2.75, 3.05) is 5.32 Å². The lowest BCUT2D eigenvalue weighted by Gasteiger charge is -2.14. The van der Waals surface area contributed by atoms with Crippen molar-refractivity contribution in [1.29, 1.82) is 0 Å². The van der Waals surface area contributed by atoms with Crippen LogP contribution in [0.15, 0.2) is 30.3 Å². The quantitative estimate of drug-likeness (QED) is 0.566. The van der Waals surface area contributed by atoms with Gasteiger partial charge in [0.25, 0.3) is 5.91 Å². The largest absolute Gasteiger partial charge is 0.372 e. The second-order valence-electron chi connectivity index (χ2n) is 3.37. The minimum Gasteiger partial charge on any atom is -0.372 e. The SMILES string of the molecule is N[C@@H]1C(=O)NC(=O)C1Nc1ccccc1. The fraction of sp³-hybridized carbons (Fsp3) is 0.200. The van der Waals surface area contributed by atoms with Gasteiger partial charge in [-0.2, -0.15) is 0 Å². The fourth-order valence-electron chi connectivity index (χ4n) is 1.47. The van der Waals surface area contributed by atoms with Crippen molar-refractivity contribution in [3.8, 4) is 0 Å². The highest BCUT2D eigenvalue weighted by atomic mass is 16.2. The van der Waals surface area contributed by atoms with Crippen LogP contribution in [0.25, 0.3) is 0 Å². The molecule has 1 fully saturated rings. The lowest BCUT2D eigenvalue weighted by Crippen LogP contribution is -2.42. The van der Waals surface area contributed by atoms with Crippen molar-refractivity contribution in [2.24, 2.45) is 5.73 Å². The van der Waals surface area contributed by atoms with Crippen molar-refractivity contribution in [3.63, 3.8) is 0 Å². The number of nitrogens with one attached hydrogen (secondary N) is 2. The van der Waals surface area contributed by atoms with Gasteiger partial charge in [-0.25, -0.2) is 0 Å². The zero-order valence-corrected chi connectivity index (χ0v) is 7.94. The summed E-state index contributed by atoms with van der Waals surface area (Å²) in [4.78, 5) is 22.4. The molecule has 1 heterocycles. The maximum atomic E-state index is 11.3. The molecule has 0 aromatic heterocycles. The second kappa shape index (κ2) is 3.70. The molecule has 1 aliphatic heterocycles. The molecule has 1 saturated heterocycles. The van der Waals surface area contributed by atoms with E-state index in [-0.39, 0.29) is 5.91 Å². The van der Waals surface area contributed by atoms with Gasteiger partial charge in [-0.05, 0) is 12.1 Å². The molecule has 2 atom stereocenters. The van der Waals surface area contributed by atoms with E-state index in [0.717, 1.165) is 5.69 Å². The Morgan fingerprint density at radius 1 is 1.13 bits per heavy atom. The van der Waals surface area contributed by atoms with Gasteiger partial charge in [0, 0.05) is 5.69 Å². The van der Waals surface area contributed by atoms with E-state index in [0.29, 0.717) is 0 Å². The molecule has 0 spiro atoms. The van der Waals surface area contributed by atoms with Crippen LogP contribution in [0.4, 0.5) is 5.69 Å². The topological polar surface area (TPSA) is 84.2 Å². The second-order valence-corrected chi connectivity index (χ2v) is 3.37. The highest BCUT2D eigenvalue weighted by Gasteiger charge is 2.38. The number of para-hydroxylation sites is 1. The van der Waals surface area contributed by atoms with Crippen LogP contribution in [-0.2, 0) is 9.59 Å². The van der Waals surface area contributed by atoms with E-state index in [2.05, 4.69) is 10.6 Å². The number of anilines is 1. The minimum absolute atomic E-state index is 0.378. The average Bonchev–Trinajstić information content (AvgIpc) is 2.47. The first-order valence-corrected chi connectivity index (χ1v) is 4.60. The molecule has 5 nitrogen and oxygen atoms in total. The van der Waals surface area contributed by atoms with Gasteiger partial charge in [0.15, 0.2) is 0 Å². The van der Waals surface area contributed by atoms with Crippen LogP contribution < -0.4 is 16.4 Å². The number of hydrogen-bond acceptors (Lipinski definition) is 4. The van der Waals surface area contributed by atoms with Gasteiger partial charge >= 0.3 is 0 Å². The first-order valence-electron chi connectivity index (χ1n) is 4.60. The molecule has 0 radical (unpaired) electrons. The first-order chi connectivity index (χ1) is 7.18. The molecule has 0 aliphatic carbocycles. The Morgan fingerprint density at radius 2 is 1.80 bits per heavy atom. The predicted molar refractivity (Wildman–Crippen MR) is 55.0 cm³/mol. The van der Waals surface area contributed by atoms with Crippen molar-refractivity contribution < 1.29 is 9.59 Å². The molecule has 1 aromatic carbocycles. The molecule has 5 heteroatoms. The van der Waals surface area contributed by atoms with Gasteiger partial charge in [-0.3, -0.25) is 14.9 Å². The Hall–Kier alpha value is -1.88. The standard InChI is InChI=1S/C10H11N3O2/c11-7-8(10(15)13-9(7)14)12-6-4-2-1-3-5-6/h1-5,7-8,12H,11H2,(H,13,14,15)/t7-,8?/m0/s1. The molecule has 15 heavy (non-hydrogen) atoms. The van der Waals surface area contributed by atoms with Crippen LogP contribution in [0.2, 0.25) is 0 Å². The van der Waals surface area contributed by atoms with Crippen molar-refractivity contribution in [2.45, 2.75) is 12.1 Å². The molecule has 1 unspecified atom stereocenters. The van der Waals surface area contributed by atoms with Gasteiger partial charge < -0.3 is 11.1 Å². The lowest BCUT2D eigenvalue weighted by molar-refractivity contribution is -0.125. The van der Waals surface area contributed by atoms with Crippen molar-refractivity contribution in [1.82, 2.24) is 5.32 Å². The number of nitrogens with two attached hydrogens (primary N) is 1. The van der Waals surface area contributed by atoms with E-state index in [1.54, 1.807) is 0 Å². The number of carbonyl (C=O) groups is 2. The van der Waals surface area contributed by atoms with E-state index < -0.39 is 18.0 Å². The Morgan fingerprint density at radius 3 is 2.33 bits per heavy atom. The van der Waals surface area contributed by atoms with Crippen LogP contribution in [-0.4, -0.2) is 23.9 Å². The summed E-state index contributed by atoms with van der Waals surface area (Å²) >= 11 is 0. The van der Waals surface area contributed by atoms with Gasteiger partial charge in [-0.1, -0.05) is 18.2 Å². The summed E-state index contributed by atoms with van der Waals surface area (Å²) < 4.78 is 0. The smallest absolute Gasteiger partial charge is 0.251 e. The van der Waals surface area contributed by atoms with Crippen LogP contribution >= 0.6 is 0 Å². The maximum absolute atomic E-state index is 11.3. The van der Waals surface area contributed by atoms with Crippen molar-refractivity contribution in [3.05, 3.63) is 30.3 Å². The first kappa shape index (κ1) is 9.67. The maximum Gasteiger partial charge on any atom is 0.251 e. The zero-order chi connectivity index (χ0) is 10.8. The third-order valence-corrected chi connectivity index (χ3v) is 2.29.